The first-order chi connectivity index (χ1) is 17.6. The molecule has 202 valence electrons. The number of rotatable bonds is 3. The summed E-state index contributed by atoms with van der Waals surface area (Å²) in [4.78, 5) is 0. The fourth-order valence-corrected chi connectivity index (χ4v) is 8.65. The molecule has 3 nitrogen and oxygen atoms in total. The van der Waals surface area contributed by atoms with Crippen molar-refractivity contribution in [3.63, 3.8) is 0 Å². The summed E-state index contributed by atoms with van der Waals surface area (Å²) in [5.41, 5.74) is 4.92. The Morgan fingerprint density at radius 2 is 1.78 bits per heavy atom. The molecule has 3 heteroatoms. The van der Waals surface area contributed by atoms with Crippen LogP contribution >= 0.6 is 0 Å². The number of terminal acetylenes is 1. The first-order valence-corrected chi connectivity index (χ1v) is 14.7. The molecule has 4 aliphatic rings. The quantitative estimate of drug-likeness (QED) is 0.351. The molecule has 2 saturated carbocycles. The average Bonchev–Trinajstić information content (AvgIpc) is 3.11. The zero-order chi connectivity index (χ0) is 26.4. The molecule has 0 spiro atoms. The second-order valence-corrected chi connectivity index (χ2v) is 14.1. The molecule has 0 bridgehead atoms. The van der Waals surface area contributed by atoms with Gasteiger partial charge < -0.3 is 14.6 Å². The van der Waals surface area contributed by atoms with Gasteiger partial charge in [-0.1, -0.05) is 63.8 Å². The number of hydrogen-bond acceptors (Lipinski definition) is 3. The van der Waals surface area contributed by atoms with Gasteiger partial charge >= 0.3 is 0 Å². The van der Waals surface area contributed by atoms with Crippen LogP contribution < -0.4 is 0 Å². The van der Waals surface area contributed by atoms with Crippen LogP contribution in [0.3, 0.4) is 0 Å². The zero-order valence-corrected chi connectivity index (χ0v) is 23.8. The van der Waals surface area contributed by atoms with Crippen molar-refractivity contribution in [1.82, 2.24) is 0 Å². The SMILES string of the molecule is C#Cc1ccc(C2CC3(C)C(CCC3(O)CC(C)C)C3CCC4COCC(C)(C)COCCC4=C23)cc1. The summed E-state index contributed by atoms with van der Waals surface area (Å²) in [6.07, 6.45) is 13.0. The van der Waals surface area contributed by atoms with Crippen LogP contribution in [0.1, 0.15) is 96.6 Å². The van der Waals surface area contributed by atoms with Crippen molar-refractivity contribution >= 4 is 0 Å². The average molecular weight is 505 g/mol. The predicted molar refractivity (Wildman–Crippen MR) is 150 cm³/mol. The Morgan fingerprint density at radius 1 is 1.05 bits per heavy atom. The van der Waals surface area contributed by atoms with Gasteiger partial charge in [-0.25, -0.2) is 0 Å². The minimum Gasteiger partial charge on any atom is -0.389 e. The Labute approximate surface area is 225 Å². The third-order valence-corrected chi connectivity index (χ3v) is 10.4. The van der Waals surface area contributed by atoms with Gasteiger partial charge in [-0.05, 0) is 80.4 Å². The van der Waals surface area contributed by atoms with Gasteiger partial charge in [-0.3, -0.25) is 0 Å². The van der Waals surface area contributed by atoms with Crippen molar-refractivity contribution in [3.05, 3.63) is 46.5 Å². The zero-order valence-electron chi connectivity index (χ0n) is 23.8. The molecule has 0 aromatic heterocycles. The highest BCUT2D eigenvalue weighted by molar-refractivity contribution is 5.43. The van der Waals surface area contributed by atoms with Crippen molar-refractivity contribution in [2.24, 2.45) is 34.5 Å². The summed E-state index contributed by atoms with van der Waals surface area (Å²) in [7, 11) is 0. The molecule has 3 fully saturated rings. The standard InChI is InChI=1S/C34H48O3/c1-7-24-8-10-25(11-9-24)29-19-33(6)30(14-16-34(33,35)18-23(2)3)28-13-12-26-20-37-22-32(4,5)21-36-17-15-27(26)31(28)29/h1,8-11,23,26,28-30,35H,12-22H2,2-6H3. The maximum atomic E-state index is 12.2. The molecule has 1 aromatic rings. The van der Waals surface area contributed by atoms with Crippen LogP contribution in [0.15, 0.2) is 35.4 Å². The summed E-state index contributed by atoms with van der Waals surface area (Å²) in [5.74, 6) is 5.13. The van der Waals surface area contributed by atoms with E-state index in [1.807, 2.05) is 0 Å². The number of allylic oxidation sites excluding steroid dienone is 1. The fourth-order valence-electron chi connectivity index (χ4n) is 8.65. The molecule has 1 saturated heterocycles. The molecule has 1 heterocycles. The van der Waals surface area contributed by atoms with Crippen molar-refractivity contribution in [1.29, 1.82) is 0 Å². The van der Waals surface area contributed by atoms with E-state index in [1.165, 1.54) is 18.4 Å². The van der Waals surface area contributed by atoms with Gasteiger partial charge in [-0.15, -0.1) is 6.42 Å². The third-order valence-electron chi connectivity index (χ3n) is 10.4. The normalized spacial score (nSPS) is 37.9. The minimum atomic E-state index is -0.593. The Balaban J connectivity index is 1.59. The van der Waals surface area contributed by atoms with Gasteiger partial charge in [0.25, 0.3) is 0 Å². The second kappa shape index (κ2) is 10.2. The van der Waals surface area contributed by atoms with Crippen LogP contribution in [0.5, 0.6) is 0 Å². The molecular weight excluding hydrogens is 456 g/mol. The van der Waals surface area contributed by atoms with Crippen LogP contribution in [0, 0.1) is 46.8 Å². The third kappa shape index (κ3) is 4.95. The van der Waals surface area contributed by atoms with Crippen LogP contribution in [0.2, 0.25) is 0 Å². The van der Waals surface area contributed by atoms with Gasteiger partial charge in [0.05, 0.1) is 32.0 Å². The summed E-state index contributed by atoms with van der Waals surface area (Å²) in [6, 6.07) is 8.70. The van der Waals surface area contributed by atoms with Gasteiger partial charge in [-0.2, -0.15) is 0 Å². The molecule has 5 rings (SSSR count). The van der Waals surface area contributed by atoms with Gasteiger partial charge in [0.15, 0.2) is 0 Å². The predicted octanol–water partition coefficient (Wildman–Crippen LogP) is 7.13. The van der Waals surface area contributed by atoms with Gasteiger partial charge in [0.2, 0.25) is 0 Å². The Kier molecular flexibility index (Phi) is 7.42. The van der Waals surface area contributed by atoms with E-state index in [0.717, 1.165) is 64.1 Å². The molecule has 6 atom stereocenters. The van der Waals surface area contributed by atoms with E-state index < -0.39 is 5.60 Å². The molecule has 0 radical (unpaired) electrons. The Hall–Kier alpha value is -1.60. The highest BCUT2D eigenvalue weighted by Crippen LogP contribution is 2.67. The van der Waals surface area contributed by atoms with Crippen molar-refractivity contribution in [2.45, 2.75) is 91.1 Å². The molecule has 6 unspecified atom stereocenters. The number of hydrogen-bond donors (Lipinski definition) is 1. The summed E-state index contributed by atoms with van der Waals surface area (Å²) in [6.45, 7) is 14.5. The van der Waals surface area contributed by atoms with Crippen LogP contribution in [0.25, 0.3) is 0 Å². The lowest BCUT2D eigenvalue weighted by molar-refractivity contribution is -0.106. The minimum absolute atomic E-state index is 0.0561. The van der Waals surface area contributed by atoms with Crippen molar-refractivity contribution in [3.8, 4) is 12.3 Å². The van der Waals surface area contributed by atoms with Crippen LogP contribution in [-0.2, 0) is 9.47 Å². The Bertz CT molecular complexity index is 1040. The van der Waals surface area contributed by atoms with E-state index in [0.29, 0.717) is 29.6 Å². The lowest BCUT2D eigenvalue weighted by atomic mass is 9.50. The first kappa shape index (κ1) is 27.0. The van der Waals surface area contributed by atoms with Gasteiger partial charge in [0, 0.05) is 28.2 Å². The maximum Gasteiger partial charge on any atom is 0.0706 e. The lowest BCUT2D eigenvalue weighted by Crippen LogP contribution is -2.52. The fraction of sp³-hybridized carbons (Fsp3) is 0.706. The van der Waals surface area contributed by atoms with Crippen LogP contribution in [-0.4, -0.2) is 37.1 Å². The number of benzene rings is 1. The monoisotopic (exact) mass is 504 g/mol. The van der Waals surface area contributed by atoms with Crippen molar-refractivity contribution in [2.75, 3.05) is 26.4 Å². The molecule has 1 aliphatic heterocycles. The smallest absolute Gasteiger partial charge is 0.0706 e. The number of aliphatic hydroxyl groups is 1. The summed E-state index contributed by atoms with van der Waals surface area (Å²) < 4.78 is 12.6. The van der Waals surface area contributed by atoms with E-state index in [1.54, 1.807) is 11.1 Å². The van der Waals surface area contributed by atoms with E-state index in [2.05, 4.69) is 64.8 Å². The summed E-state index contributed by atoms with van der Waals surface area (Å²) >= 11 is 0. The maximum absolute atomic E-state index is 12.2. The topological polar surface area (TPSA) is 38.7 Å². The van der Waals surface area contributed by atoms with E-state index in [4.69, 9.17) is 15.9 Å². The molecule has 0 amide bonds. The highest BCUT2D eigenvalue weighted by Gasteiger charge is 2.62. The lowest BCUT2D eigenvalue weighted by Gasteiger charge is -2.55. The van der Waals surface area contributed by atoms with Crippen molar-refractivity contribution < 1.29 is 14.6 Å². The van der Waals surface area contributed by atoms with E-state index in [9.17, 15) is 5.11 Å². The van der Waals surface area contributed by atoms with E-state index >= 15 is 0 Å². The Morgan fingerprint density at radius 3 is 2.49 bits per heavy atom. The van der Waals surface area contributed by atoms with Crippen LogP contribution in [0.4, 0.5) is 0 Å². The molecule has 1 N–H and O–H groups in total. The molecule has 3 aliphatic carbocycles. The van der Waals surface area contributed by atoms with E-state index in [-0.39, 0.29) is 10.8 Å². The second-order valence-electron chi connectivity index (χ2n) is 14.1. The molecule has 1 aromatic carbocycles. The largest absolute Gasteiger partial charge is 0.389 e. The first-order valence-electron chi connectivity index (χ1n) is 14.7. The highest BCUT2D eigenvalue weighted by atomic mass is 16.5. The molecular formula is C34H48O3. The summed E-state index contributed by atoms with van der Waals surface area (Å²) in [5, 5.41) is 12.2. The number of fused-ring (bicyclic) bond motifs is 4. The number of ether oxygens (including phenoxy) is 2. The van der Waals surface area contributed by atoms with Gasteiger partial charge in [0.1, 0.15) is 0 Å². The molecule has 37 heavy (non-hydrogen) atoms.